The molecule has 0 aromatic carbocycles. The number of ether oxygens (including phenoxy) is 10. The van der Waals surface area contributed by atoms with Gasteiger partial charge in [-0.3, -0.25) is 4.79 Å². The third-order valence-corrected chi connectivity index (χ3v) is 23.1. The molecule has 26 nitrogen and oxygen atoms in total. The summed E-state index contributed by atoms with van der Waals surface area (Å²) in [5, 5.41) is 151. The Morgan fingerprint density at radius 1 is 0.588 bits per heavy atom. The Bertz CT molecular complexity index is 2400. The van der Waals surface area contributed by atoms with Crippen LogP contribution in [0.4, 0.5) is 0 Å². The minimum Gasteiger partial charge on any atom is -0.432 e. The van der Waals surface area contributed by atoms with Crippen LogP contribution in [-0.4, -0.2) is 257 Å². The third kappa shape index (κ3) is 11.0. The van der Waals surface area contributed by atoms with Crippen molar-refractivity contribution in [1.29, 1.82) is 0 Å². The predicted octanol–water partition coefficient (Wildman–Crippen LogP) is -2.34. The second-order valence-electron chi connectivity index (χ2n) is 28.2. The van der Waals surface area contributed by atoms with Crippen molar-refractivity contribution in [3.05, 3.63) is 11.6 Å². The van der Waals surface area contributed by atoms with Crippen LogP contribution in [0.5, 0.6) is 0 Å². The molecule has 486 valence electrons. The number of aldehydes is 1. The van der Waals surface area contributed by atoms with Crippen LogP contribution in [0.25, 0.3) is 0 Å². The van der Waals surface area contributed by atoms with Gasteiger partial charge in [-0.15, -0.1) is 0 Å². The molecule has 0 unspecified atom stereocenters. The zero-order valence-corrected chi connectivity index (χ0v) is 49.7. The van der Waals surface area contributed by atoms with Crippen molar-refractivity contribution < 1.29 is 128 Å². The summed E-state index contributed by atoms with van der Waals surface area (Å²) >= 11 is 0. The average Bonchev–Trinajstić information content (AvgIpc) is 0.702. The number of aliphatic hydroxyl groups is 14. The highest BCUT2D eigenvalue weighted by molar-refractivity contribution is 5.79. The Morgan fingerprint density at radius 2 is 1.16 bits per heavy atom. The summed E-state index contributed by atoms with van der Waals surface area (Å²) in [6.45, 7) is 14.5. The maximum Gasteiger partial charge on any atom is 0.315 e. The van der Waals surface area contributed by atoms with Crippen LogP contribution in [0.1, 0.15) is 120 Å². The van der Waals surface area contributed by atoms with Crippen molar-refractivity contribution >= 4 is 12.3 Å². The smallest absolute Gasteiger partial charge is 0.315 e. The lowest BCUT2D eigenvalue weighted by atomic mass is 9.33. The van der Waals surface area contributed by atoms with Gasteiger partial charge < -0.3 is 124 Å². The van der Waals surface area contributed by atoms with Gasteiger partial charge in [-0.1, -0.05) is 53.2 Å². The van der Waals surface area contributed by atoms with Crippen LogP contribution in [0, 0.1) is 50.2 Å². The molecule has 5 aliphatic carbocycles. The van der Waals surface area contributed by atoms with Gasteiger partial charge in [0.25, 0.3) is 0 Å². The molecule has 26 heteroatoms. The topological polar surface area (TPSA) is 410 Å². The number of carbonyl (C=O) groups is 2. The van der Waals surface area contributed by atoms with Gasteiger partial charge >= 0.3 is 5.97 Å². The van der Waals surface area contributed by atoms with Crippen LogP contribution in [-0.2, 0) is 57.0 Å². The van der Waals surface area contributed by atoms with Gasteiger partial charge in [0, 0.05) is 5.41 Å². The first-order chi connectivity index (χ1) is 39.8. The van der Waals surface area contributed by atoms with Gasteiger partial charge in [0.05, 0.1) is 43.5 Å². The second kappa shape index (κ2) is 24.2. The molecule has 4 saturated carbocycles. The van der Waals surface area contributed by atoms with Crippen molar-refractivity contribution in [2.24, 2.45) is 50.2 Å². The normalized spacial score (nSPS) is 55.2. The van der Waals surface area contributed by atoms with Gasteiger partial charge in [-0.2, -0.15) is 0 Å². The molecule has 33 atom stereocenters. The Labute approximate surface area is 494 Å². The summed E-state index contributed by atoms with van der Waals surface area (Å²) in [5.41, 5.74) is -2.37. The molecule has 10 aliphatic rings. The molecular weight excluding hydrogens is 1120 g/mol. The fourth-order valence-corrected chi connectivity index (χ4v) is 17.5. The Morgan fingerprint density at radius 3 is 1.79 bits per heavy atom. The lowest BCUT2D eigenvalue weighted by Crippen LogP contribution is -2.66. The Kier molecular flexibility index (Phi) is 18.8. The molecule has 0 radical (unpaired) electrons. The number of rotatable bonds is 13. The fourth-order valence-electron chi connectivity index (χ4n) is 17.5. The standard InChI is InChI=1S/C59H94O26/c1-24-34(63)38(67)42(71)49(78-24)83-46-29(20-60)80-48(45(74)41(46)70)77-22-30-37(66)40(69)44(73)51(81-30)85-53(75)59-17-15-55(5,23-61)19-27(59)26-9-10-32-56(6)13-12-33(54(3,4)31(56)11-14-58(32,8)57(26,7)16-18-59)82-52-47(36(65)28(62)21-76-52)84-50-43(72)39(68)35(64)25(2)79-50/h9,23-25,27-52,60,62-74H,10-22H2,1-8H3/t24-,25-,27-,28-,29+,30+,31-,32+,33-,34-,35-,36-,37+,38+,39+,40-,41+,42+,43+,44+,45+,46+,47+,48+,49-,50-,51-,52-,55+,56-,57+,58+,59-/m0/s1. The maximum atomic E-state index is 15.2. The Hall–Kier alpha value is -2.04. The van der Waals surface area contributed by atoms with Crippen LogP contribution < -0.4 is 0 Å². The number of aliphatic hydroxyl groups excluding tert-OH is 14. The molecule has 10 rings (SSSR count). The minimum atomic E-state index is -1.93. The van der Waals surface area contributed by atoms with Gasteiger partial charge in [-0.25, -0.2) is 0 Å². The zero-order chi connectivity index (χ0) is 62.0. The van der Waals surface area contributed by atoms with Gasteiger partial charge in [0.15, 0.2) is 25.2 Å². The number of hydrogen-bond donors (Lipinski definition) is 14. The van der Waals surface area contributed by atoms with Crippen molar-refractivity contribution in [1.82, 2.24) is 0 Å². The number of allylic oxidation sites excluding steroid dienone is 2. The molecule has 0 aromatic rings. The van der Waals surface area contributed by atoms with E-state index in [0.717, 1.165) is 31.1 Å². The molecule has 5 heterocycles. The van der Waals surface area contributed by atoms with E-state index in [1.165, 1.54) is 13.8 Å². The van der Waals surface area contributed by atoms with E-state index in [1.54, 1.807) is 0 Å². The number of fused-ring (bicyclic) bond motifs is 7. The lowest BCUT2D eigenvalue weighted by molar-refractivity contribution is -0.364. The van der Waals surface area contributed by atoms with E-state index in [0.29, 0.717) is 38.5 Å². The molecule has 0 amide bonds. The minimum absolute atomic E-state index is 0.122. The monoisotopic (exact) mass is 1220 g/mol. The quantitative estimate of drug-likeness (QED) is 0.0398. The highest BCUT2D eigenvalue weighted by Gasteiger charge is 2.70. The summed E-state index contributed by atoms with van der Waals surface area (Å²) in [6, 6.07) is 0. The van der Waals surface area contributed by atoms with Gasteiger partial charge in [-0.05, 0) is 117 Å². The highest BCUT2D eigenvalue weighted by Crippen LogP contribution is 2.76. The highest BCUT2D eigenvalue weighted by atomic mass is 16.8. The Balaban J connectivity index is 0.833. The molecule has 5 aliphatic heterocycles. The number of carbonyl (C=O) groups excluding carboxylic acids is 2. The predicted molar refractivity (Wildman–Crippen MR) is 287 cm³/mol. The van der Waals surface area contributed by atoms with E-state index in [4.69, 9.17) is 47.4 Å². The largest absolute Gasteiger partial charge is 0.432 e. The van der Waals surface area contributed by atoms with Crippen molar-refractivity contribution in [3.63, 3.8) is 0 Å². The molecule has 9 fully saturated rings. The number of esters is 1. The van der Waals surface area contributed by atoms with Crippen LogP contribution in [0.15, 0.2) is 11.6 Å². The van der Waals surface area contributed by atoms with Crippen molar-refractivity contribution in [2.45, 2.75) is 273 Å². The van der Waals surface area contributed by atoms with E-state index in [9.17, 15) is 76.3 Å². The SMILES string of the molecule is C[C@@H]1O[C@@H](O[C@H]2[C@H](O[C@H]3CC[C@]4(C)[C@H]5CC=C6[C@@H]7C[C@](C)(C=O)CC[C@]7(C(=O)O[C@@H]7O[C@H](CO[C@@H]8O[C@H](CO)[C@@H](O[C@@H]9O[C@@H](C)[C@H](O)[C@@H](O)[C@H]9O)[C@H](O)[C@H]8O)[C@@H](O)[C@H](O)[C@H]7O)CC[C@@]6(C)[C@]5(C)CC[C@H]4C3(C)C)OC[C@H](O)[C@@H]2O)[C@H](O)[C@H](O)[C@H]1O. The van der Waals surface area contributed by atoms with Crippen LogP contribution in [0.3, 0.4) is 0 Å². The average molecular weight is 1220 g/mol. The first-order valence-electron chi connectivity index (χ1n) is 30.5. The van der Waals surface area contributed by atoms with E-state index in [1.807, 2.05) is 6.92 Å². The van der Waals surface area contributed by atoms with Crippen molar-refractivity contribution in [3.8, 4) is 0 Å². The first-order valence-corrected chi connectivity index (χ1v) is 30.5. The summed E-state index contributed by atoms with van der Waals surface area (Å²) in [4.78, 5) is 28.2. The van der Waals surface area contributed by atoms with Crippen molar-refractivity contribution in [2.75, 3.05) is 19.8 Å². The maximum absolute atomic E-state index is 15.2. The lowest BCUT2D eigenvalue weighted by Gasteiger charge is -2.71. The summed E-state index contributed by atoms with van der Waals surface area (Å²) in [6.07, 6.45) is -29.1. The van der Waals surface area contributed by atoms with E-state index < -0.39 is 200 Å². The summed E-state index contributed by atoms with van der Waals surface area (Å²) < 4.78 is 59.4. The molecule has 14 N–H and O–H groups in total. The van der Waals surface area contributed by atoms with E-state index in [-0.39, 0.29) is 35.7 Å². The van der Waals surface area contributed by atoms with Gasteiger partial charge in [0.1, 0.15) is 110 Å². The second-order valence-corrected chi connectivity index (χ2v) is 28.2. The van der Waals surface area contributed by atoms with Crippen LogP contribution >= 0.6 is 0 Å². The molecule has 0 bridgehead atoms. The fraction of sp³-hybridized carbons (Fsp3) is 0.932. The summed E-state index contributed by atoms with van der Waals surface area (Å²) in [7, 11) is 0. The number of hydrogen-bond acceptors (Lipinski definition) is 26. The first kappa shape index (κ1) is 65.9. The molecule has 85 heavy (non-hydrogen) atoms. The molecule has 0 aromatic heterocycles. The van der Waals surface area contributed by atoms with Gasteiger partial charge in [0.2, 0.25) is 6.29 Å². The molecular formula is C59H94O26. The van der Waals surface area contributed by atoms with E-state index >= 15 is 4.79 Å². The summed E-state index contributed by atoms with van der Waals surface area (Å²) in [5.74, 6) is -0.901. The molecule has 5 saturated heterocycles. The zero-order valence-electron chi connectivity index (χ0n) is 49.7. The van der Waals surface area contributed by atoms with E-state index in [2.05, 4.69) is 40.7 Å². The third-order valence-electron chi connectivity index (χ3n) is 23.1. The van der Waals surface area contributed by atoms with Crippen LogP contribution in [0.2, 0.25) is 0 Å². The molecule has 0 spiro atoms.